The molecule has 5 nitrogen and oxygen atoms in total. The van der Waals surface area contributed by atoms with Crippen LogP contribution in [0.3, 0.4) is 0 Å². The van der Waals surface area contributed by atoms with Gasteiger partial charge in [0.15, 0.2) is 0 Å². The van der Waals surface area contributed by atoms with Gasteiger partial charge in [0, 0.05) is 44.3 Å². The highest BCUT2D eigenvalue weighted by Gasteiger charge is 2.21. The van der Waals surface area contributed by atoms with Gasteiger partial charge >= 0.3 is 0 Å². The number of hydrogen-bond acceptors (Lipinski definition) is 4. The van der Waals surface area contributed by atoms with Gasteiger partial charge in [0.05, 0.1) is 6.61 Å². The first-order valence-electron chi connectivity index (χ1n) is 11.7. The highest BCUT2D eigenvalue weighted by atomic mass is 16.3. The molecule has 0 bridgehead atoms. The maximum atomic E-state index is 12.5. The topological polar surface area (TPSA) is 55.8 Å². The zero-order valence-electron chi connectivity index (χ0n) is 18.4. The third-order valence-electron chi connectivity index (χ3n) is 6.70. The van der Waals surface area contributed by atoms with Crippen molar-refractivity contribution >= 4 is 5.91 Å². The van der Waals surface area contributed by atoms with Gasteiger partial charge in [0.2, 0.25) is 0 Å². The Bertz CT molecular complexity index is 852. The molecule has 2 aromatic rings. The first-order chi connectivity index (χ1) is 15.2. The second kappa shape index (κ2) is 10.9. The Morgan fingerprint density at radius 2 is 1.84 bits per heavy atom. The summed E-state index contributed by atoms with van der Waals surface area (Å²) in [5.41, 5.74) is 4.87. The molecule has 2 heterocycles. The van der Waals surface area contributed by atoms with E-state index in [2.05, 4.69) is 51.5 Å². The van der Waals surface area contributed by atoms with E-state index in [1.807, 2.05) is 12.1 Å². The lowest BCUT2D eigenvalue weighted by molar-refractivity contribution is 0.0868. The molecular formula is C26H35N3O2. The molecule has 5 heteroatoms. The van der Waals surface area contributed by atoms with E-state index in [4.69, 9.17) is 0 Å². The normalized spacial score (nSPS) is 19.7. The number of hydrogen-bond donors (Lipinski definition) is 2. The lowest BCUT2D eigenvalue weighted by atomic mass is 9.99. The Morgan fingerprint density at radius 3 is 2.65 bits per heavy atom. The van der Waals surface area contributed by atoms with Crippen LogP contribution in [0.4, 0.5) is 0 Å². The van der Waals surface area contributed by atoms with Gasteiger partial charge in [-0.3, -0.25) is 14.6 Å². The van der Waals surface area contributed by atoms with Crippen molar-refractivity contribution in [1.29, 1.82) is 0 Å². The molecule has 31 heavy (non-hydrogen) atoms. The number of fused-ring (bicyclic) bond motifs is 1. The van der Waals surface area contributed by atoms with Gasteiger partial charge in [-0.15, -0.1) is 0 Å². The van der Waals surface area contributed by atoms with Crippen LogP contribution >= 0.6 is 0 Å². The minimum absolute atomic E-state index is 0.00389. The average molecular weight is 422 g/mol. The molecule has 1 atom stereocenters. The van der Waals surface area contributed by atoms with Crippen molar-refractivity contribution in [2.24, 2.45) is 0 Å². The summed E-state index contributed by atoms with van der Waals surface area (Å²) in [4.78, 5) is 17.3. The van der Waals surface area contributed by atoms with E-state index in [9.17, 15) is 9.90 Å². The van der Waals surface area contributed by atoms with Gasteiger partial charge in [-0.2, -0.15) is 0 Å². The molecule has 2 aliphatic rings. The highest BCUT2D eigenvalue weighted by molar-refractivity contribution is 5.94. The summed E-state index contributed by atoms with van der Waals surface area (Å²) in [5.74, 6) is -0.00389. The molecule has 166 valence electrons. The molecule has 2 aliphatic heterocycles. The minimum atomic E-state index is -0.00389. The molecule has 0 aliphatic carbocycles. The molecule has 1 saturated heterocycles. The molecule has 4 rings (SSSR count). The third-order valence-corrected chi connectivity index (χ3v) is 6.70. The standard InChI is InChI=1S/C26H35N3O2/c30-20-25-8-3-4-15-29(25)16-5-14-27-26(31)23-11-9-21(10-12-23)18-28-17-13-22-6-1-2-7-24(22)19-28/h1-2,6-7,9-12,25,30H,3-5,8,13-20H2,(H,27,31). The Labute approximate surface area is 186 Å². The van der Waals surface area contributed by atoms with Crippen LogP contribution in [-0.2, 0) is 19.5 Å². The fourth-order valence-electron chi connectivity index (χ4n) is 4.86. The molecule has 0 spiro atoms. The smallest absolute Gasteiger partial charge is 0.251 e. The molecule has 0 radical (unpaired) electrons. The summed E-state index contributed by atoms with van der Waals surface area (Å²) in [6.45, 7) is 5.88. The number of nitrogens with one attached hydrogen (secondary N) is 1. The number of aliphatic hydroxyl groups excluding tert-OH is 1. The fourth-order valence-corrected chi connectivity index (χ4v) is 4.86. The molecule has 1 amide bonds. The molecule has 1 unspecified atom stereocenters. The van der Waals surface area contributed by atoms with Crippen molar-refractivity contribution in [2.45, 2.75) is 51.2 Å². The van der Waals surface area contributed by atoms with Gasteiger partial charge in [-0.25, -0.2) is 0 Å². The summed E-state index contributed by atoms with van der Waals surface area (Å²) in [7, 11) is 0. The zero-order chi connectivity index (χ0) is 21.5. The van der Waals surface area contributed by atoms with Gasteiger partial charge in [-0.1, -0.05) is 42.8 Å². The maximum absolute atomic E-state index is 12.5. The summed E-state index contributed by atoms with van der Waals surface area (Å²) in [6, 6.07) is 17.0. The predicted molar refractivity (Wildman–Crippen MR) is 124 cm³/mol. The van der Waals surface area contributed by atoms with Crippen molar-refractivity contribution in [3.63, 3.8) is 0 Å². The van der Waals surface area contributed by atoms with E-state index in [-0.39, 0.29) is 12.5 Å². The van der Waals surface area contributed by atoms with Crippen molar-refractivity contribution < 1.29 is 9.90 Å². The number of piperidine rings is 1. The van der Waals surface area contributed by atoms with Crippen LogP contribution in [0, 0.1) is 0 Å². The van der Waals surface area contributed by atoms with Crippen molar-refractivity contribution in [3.8, 4) is 0 Å². The number of carbonyl (C=O) groups excluding carboxylic acids is 1. The van der Waals surface area contributed by atoms with E-state index < -0.39 is 0 Å². The lowest BCUT2D eigenvalue weighted by Crippen LogP contribution is -2.43. The Morgan fingerprint density at radius 1 is 1.03 bits per heavy atom. The summed E-state index contributed by atoms with van der Waals surface area (Å²) in [5, 5.41) is 12.6. The first-order valence-corrected chi connectivity index (χ1v) is 11.7. The van der Waals surface area contributed by atoms with Crippen molar-refractivity contribution in [3.05, 3.63) is 70.8 Å². The van der Waals surface area contributed by atoms with Crippen LogP contribution in [0.15, 0.2) is 48.5 Å². The van der Waals surface area contributed by atoms with Crippen LogP contribution < -0.4 is 5.32 Å². The summed E-state index contributed by atoms with van der Waals surface area (Å²) < 4.78 is 0. The highest BCUT2D eigenvalue weighted by Crippen LogP contribution is 2.20. The molecule has 1 fully saturated rings. The monoisotopic (exact) mass is 421 g/mol. The van der Waals surface area contributed by atoms with E-state index in [0.29, 0.717) is 12.6 Å². The minimum Gasteiger partial charge on any atom is -0.395 e. The first kappa shape index (κ1) is 22.0. The Kier molecular flexibility index (Phi) is 7.73. The number of rotatable bonds is 8. The van der Waals surface area contributed by atoms with Crippen molar-refractivity contribution in [2.75, 3.05) is 32.8 Å². The van der Waals surface area contributed by atoms with Gasteiger partial charge in [-0.05, 0) is 61.1 Å². The lowest BCUT2D eigenvalue weighted by Gasteiger charge is -2.34. The van der Waals surface area contributed by atoms with E-state index in [0.717, 1.165) is 57.5 Å². The largest absolute Gasteiger partial charge is 0.395 e. The van der Waals surface area contributed by atoms with Crippen LogP contribution in [0.25, 0.3) is 0 Å². The quantitative estimate of drug-likeness (QED) is 0.643. The van der Waals surface area contributed by atoms with Crippen LogP contribution in [-0.4, -0.2) is 59.6 Å². The number of benzene rings is 2. The summed E-state index contributed by atoms with van der Waals surface area (Å²) in [6.07, 6.45) is 5.52. The van der Waals surface area contributed by atoms with Crippen LogP contribution in [0.2, 0.25) is 0 Å². The Balaban J connectivity index is 1.20. The fraction of sp³-hybridized carbons (Fsp3) is 0.500. The third kappa shape index (κ3) is 5.94. The SMILES string of the molecule is O=C(NCCCN1CCCCC1CO)c1ccc(CN2CCc3ccccc3C2)cc1. The number of amides is 1. The molecule has 0 saturated carbocycles. The number of nitrogens with zero attached hydrogens (tertiary/aromatic N) is 2. The zero-order valence-corrected chi connectivity index (χ0v) is 18.4. The van der Waals surface area contributed by atoms with Crippen LogP contribution in [0.5, 0.6) is 0 Å². The molecule has 2 N–H and O–H groups in total. The number of likely N-dealkylation sites (tertiary alicyclic amines) is 1. The number of aliphatic hydroxyl groups is 1. The second-order valence-corrected chi connectivity index (χ2v) is 8.90. The van der Waals surface area contributed by atoms with Gasteiger partial charge in [0.25, 0.3) is 5.91 Å². The van der Waals surface area contributed by atoms with Gasteiger partial charge < -0.3 is 10.4 Å². The van der Waals surface area contributed by atoms with Crippen molar-refractivity contribution in [1.82, 2.24) is 15.1 Å². The molecule has 2 aromatic carbocycles. The Hall–Kier alpha value is -2.21. The second-order valence-electron chi connectivity index (χ2n) is 8.90. The predicted octanol–water partition coefficient (Wildman–Crippen LogP) is 3.21. The van der Waals surface area contributed by atoms with E-state index >= 15 is 0 Å². The summed E-state index contributed by atoms with van der Waals surface area (Å²) >= 11 is 0. The maximum Gasteiger partial charge on any atom is 0.251 e. The molecular weight excluding hydrogens is 386 g/mol. The van der Waals surface area contributed by atoms with Crippen LogP contribution in [0.1, 0.15) is 52.7 Å². The van der Waals surface area contributed by atoms with Gasteiger partial charge in [0.1, 0.15) is 0 Å². The average Bonchev–Trinajstić information content (AvgIpc) is 2.82. The molecule has 0 aromatic heterocycles. The number of carbonyl (C=O) groups is 1. The van der Waals surface area contributed by atoms with E-state index in [1.165, 1.54) is 29.5 Å². The van der Waals surface area contributed by atoms with E-state index in [1.54, 1.807) is 0 Å².